The molecule has 0 unspecified atom stereocenters. The number of carbonyl (C=O) groups is 1. The number of para-hydroxylation sites is 1. The van der Waals surface area contributed by atoms with E-state index in [0.29, 0.717) is 21.7 Å². The number of thioether (sulfide) groups is 1. The van der Waals surface area contributed by atoms with Crippen LogP contribution < -0.4 is 10.1 Å². The smallest absolute Gasteiger partial charge is 0.234 e. The molecule has 0 bridgehead atoms. The van der Waals surface area contributed by atoms with Gasteiger partial charge < -0.3 is 14.6 Å². The highest BCUT2D eigenvalue weighted by atomic mass is 35.5. The predicted molar refractivity (Wildman–Crippen MR) is 107 cm³/mol. The van der Waals surface area contributed by atoms with E-state index >= 15 is 0 Å². The third-order valence-corrected chi connectivity index (χ3v) is 4.98. The number of halogens is 1. The van der Waals surface area contributed by atoms with Gasteiger partial charge in [0.1, 0.15) is 5.75 Å². The van der Waals surface area contributed by atoms with Gasteiger partial charge in [0.05, 0.1) is 5.75 Å². The van der Waals surface area contributed by atoms with Gasteiger partial charge in [-0.05, 0) is 37.3 Å². The molecule has 1 aromatic heterocycles. The minimum absolute atomic E-state index is 0.139. The zero-order valence-electron chi connectivity index (χ0n) is 14.9. The minimum Gasteiger partial charge on any atom is -0.483 e. The summed E-state index contributed by atoms with van der Waals surface area (Å²) in [6.07, 6.45) is -0.264. The molecule has 27 heavy (non-hydrogen) atoms. The fraction of sp³-hybridized carbons (Fsp3) is 0.211. The first-order chi connectivity index (χ1) is 13.0. The molecular weight excluding hydrogens is 384 g/mol. The summed E-state index contributed by atoms with van der Waals surface area (Å²) in [6.45, 7) is 1.91. The van der Waals surface area contributed by atoms with Gasteiger partial charge in [0.25, 0.3) is 0 Å². The van der Waals surface area contributed by atoms with E-state index in [2.05, 4.69) is 15.5 Å². The quantitative estimate of drug-likeness (QED) is 0.595. The number of amides is 1. The first kappa shape index (κ1) is 19.3. The Morgan fingerprint density at radius 3 is 2.74 bits per heavy atom. The highest BCUT2D eigenvalue weighted by Crippen LogP contribution is 2.23. The maximum atomic E-state index is 12.1. The van der Waals surface area contributed by atoms with Crippen molar-refractivity contribution >= 4 is 35.0 Å². The van der Waals surface area contributed by atoms with Gasteiger partial charge >= 0.3 is 0 Å². The van der Waals surface area contributed by atoms with Crippen molar-refractivity contribution in [3.63, 3.8) is 0 Å². The monoisotopic (exact) mass is 402 g/mol. The van der Waals surface area contributed by atoms with E-state index in [4.69, 9.17) is 16.3 Å². The first-order valence-electron chi connectivity index (χ1n) is 8.32. The summed E-state index contributed by atoms with van der Waals surface area (Å²) in [6, 6.07) is 16.6. The molecule has 0 aliphatic carbocycles. The van der Waals surface area contributed by atoms with Crippen LogP contribution in [0.1, 0.15) is 18.9 Å². The third-order valence-electron chi connectivity index (χ3n) is 3.73. The number of hydrogen-bond donors (Lipinski definition) is 1. The van der Waals surface area contributed by atoms with E-state index in [0.717, 1.165) is 5.75 Å². The Balaban J connectivity index is 1.57. The van der Waals surface area contributed by atoms with E-state index in [1.807, 2.05) is 48.9 Å². The Hall–Kier alpha value is -2.51. The molecular formula is C19H19ClN4O2S. The summed E-state index contributed by atoms with van der Waals surface area (Å²) in [4.78, 5) is 12.1. The molecule has 1 N–H and O–H groups in total. The molecule has 1 amide bonds. The summed E-state index contributed by atoms with van der Waals surface area (Å²) in [5.41, 5.74) is 0.664. The lowest BCUT2D eigenvalue weighted by Gasteiger charge is -2.14. The molecule has 0 aliphatic rings. The number of hydrogen-bond acceptors (Lipinski definition) is 5. The Bertz CT molecular complexity index is 917. The van der Waals surface area contributed by atoms with Crippen molar-refractivity contribution in [1.29, 1.82) is 0 Å². The molecule has 140 valence electrons. The topological polar surface area (TPSA) is 69.0 Å². The number of rotatable bonds is 7. The van der Waals surface area contributed by atoms with Crippen LogP contribution in [0.15, 0.2) is 59.8 Å². The molecule has 0 aliphatic heterocycles. The average Bonchev–Trinajstić information content (AvgIpc) is 3.01. The van der Waals surface area contributed by atoms with Gasteiger partial charge in [-0.15, -0.1) is 10.2 Å². The summed E-state index contributed by atoms with van der Waals surface area (Å²) in [5, 5.41) is 12.4. The molecule has 2 aromatic carbocycles. The number of ether oxygens (including phenoxy) is 1. The molecule has 3 rings (SSSR count). The van der Waals surface area contributed by atoms with Crippen LogP contribution in [0.5, 0.6) is 5.75 Å². The Morgan fingerprint density at radius 1 is 1.22 bits per heavy atom. The van der Waals surface area contributed by atoms with Gasteiger partial charge in [-0.25, -0.2) is 0 Å². The number of aromatic nitrogens is 3. The van der Waals surface area contributed by atoms with E-state index in [-0.39, 0.29) is 17.8 Å². The molecule has 0 spiro atoms. The number of nitrogens with zero attached hydrogens (tertiary/aromatic N) is 3. The lowest BCUT2D eigenvalue weighted by atomic mass is 10.3. The molecule has 0 fully saturated rings. The zero-order valence-corrected chi connectivity index (χ0v) is 16.5. The van der Waals surface area contributed by atoms with E-state index in [9.17, 15) is 4.79 Å². The summed E-state index contributed by atoms with van der Waals surface area (Å²) in [7, 11) is 1.86. The SMILES string of the molecule is C[C@H](Oc1ccccc1)c1nnc(SCC(=O)Nc2cccc(Cl)c2)n1C. The molecule has 0 saturated heterocycles. The molecule has 1 atom stereocenters. The van der Waals surface area contributed by atoms with Crippen LogP contribution in [0.25, 0.3) is 0 Å². The van der Waals surface area contributed by atoms with Crippen LogP contribution in [-0.4, -0.2) is 26.4 Å². The van der Waals surface area contributed by atoms with Crippen molar-refractivity contribution in [2.75, 3.05) is 11.1 Å². The summed E-state index contributed by atoms with van der Waals surface area (Å²) < 4.78 is 7.72. The number of nitrogens with one attached hydrogen (secondary N) is 1. The van der Waals surface area contributed by atoms with Crippen molar-refractivity contribution in [1.82, 2.24) is 14.8 Å². The summed E-state index contributed by atoms with van der Waals surface area (Å²) in [5.74, 6) is 1.53. The second kappa shape index (κ2) is 8.92. The molecule has 8 heteroatoms. The fourth-order valence-electron chi connectivity index (χ4n) is 2.46. The normalized spacial score (nSPS) is 11.8. The van der Waals surface area contributed by atoms with E-state index < -0.39 is 0 Å². The first-order valence-corrected chi connectivity index (χ1v) is 9.68. The average molecular weight is 403 g/mol. The Morgan fingerprint density at radius 2 is 2.00 bits per heavy atom. The molecule has 0 radical (unpaired) electrons. The highest BCUT2D eigenvalue weighted by molar-refractivity contribution is 7.99. The number of benzene rings is 2. The van der Waals surface area contributed by atoms with Crippen LogP contribution in [0.4, 0.5) is 5.69 Å². The molecule has 0 saturated carbocycles. The van der Waals surface area contributed by atoms with E-state index in [1.165, 1.54) is 11.8 Å². The third kappa shape index (κ3) is 5.24. The molecule has 6 nitrogen and oxygen atoms in total. The lowest BCUT2D eigenvalue weighted by molar-refractivity contribution is -0.113. The Kier molecular flexibility index (Phi) is 6.36. The van der Waals surface area contributed by atoms with Gasteiger partial charge in [0, 0.05) is 17.8 Å². The second-order valence-electron chi connectivity index (χ2n) is 5.82. The van der Waals surface area contributed by atoms with Crippen LogP contribution in [0.2, 0.25) is 5.02 Å². The van der Waals surface area contributed by atoms with Gasteiger partial charge in [-0.3, -0.25) is 4.79 Å². The number of carbonyl (C=O) groups excluding carboxylic acids is 1. The maximum Gasteiger partial charge on any atom is 0.234 e. The molecule has 3 aromatic rings. The van der Waals surface area contributed by atoms with Gasteiger partial charge in [-0.1, -0.05) is 47.6 Å². The van der Waals surface area contributed by atoms with Crippen LogP contribution in [-0.2, 0) is 11.8 Å². The van der Waals surface area contributed by atoms with Gasteiger partial charge in [0.15, 0.2) is 17.1 Å². The maximum absolute atomic E-state index is 12.1. The van der Waals surface area contributed by atoms with Crippen LogP contribution in [0.3, 0.4) is 0 Å². The largest absolute Gasteiger partial charge is 0.483 e. The standard InChI is InChI=1S/C19H19ClN4O2S/c1-13(26-16-9-4-3-5-10-16)18-22-23-19(24(18)2)27-12-17(25)21-15-8-6-7-14(20)11-15/h3-11,13H,12H2,1-2H3,(H,21,25)/t13-/m0/s1. The summed E-state index contributed by atoms with van der Waals surface area (Å²) >= 11 is 7.23. The lowest BCUT2D eigenvalue weighted by Crippen LogP contribution is -2.14. The number of anilines is 1. The van der Waals surface area contributed by atoms with Gasteiger partial charge in [-0.2, -0.15) is 0 Å². The van der Waals surface area contributed by atoms with Crippen LogP contribution >= 0.6 is 23.4 Å². The van der Waals surface area contributed by atoms with Crippen molar-refractivity contribution in [2.24, 2.45) is 7.05 Å². The van der Waals surface area contributed by atoms with Crippen molar-refractivity contribution in [3.8, 4) is 5.75 Å². The fourth-order valence-corrected chi connectivity index (χ4v) is 3.36. The van der Waals surface area contributed by atoms with E-state index in [1.54, 1.807) is 24.3 Å². The predicted octanol–water partition coefficient (Wildman–Crippen LogP) is 4.34. The Labute approximate surface area is 166 Å². The van der Waals surface area contributed by atoms with Crippen LogP contribution in [0, 0.1) is 0 Å². The minimum atomic E-state index is -0.264. The second-order valence-corrected chi connectivity index (χ2v) is 7.20. The van der Waals surface area contributed by atoms with Crippen molar-refractivity contribution in [2.45, 2.75) is 18.2 Å². The van der Waals surface area contributed by atoms with Crippen molar-refractivity contribution in [3.05, 3.63) is 65.4 Å². The van der Waals surface area contributed by atoms with Crippen molar-refractivity contribution < 1.29 is 9.53 Å². The zero-order chi connectivity index (χ0) is 19.2. The van der Waals surface area contributed by atoms with Gasteiger partial charge in [0.2, 0.25) is 5.91 Å². The highest BCUT2D eigenvalue weighted by Gasteiger charge is 2.18. The molecule has 1 heterocycles.